The van der Waals surface area contributed by atoms with E-state index in [9.17, 15) is 15.0 Å². The van der Waals surface area contributed by atoms with Crippen LogP contribution in [0.1, 0.15) is 48.4 Å². The molecule has 5 nitrogen and oxygen atoms in total. The van der Waals surface area contributed by atoms with Crippen LogP contribution >= 0.6 is 0 Å². The van der Waals surface area contributed by atoms with Crippen molar-refractivity contribution >= 4 is 5.78 Å². The Morgan fingerprint density at radius 3 is 2.80 bits per heavy atom. The topological polar surface area (TPSA) is 83.2 Å². The van der Waals surface area contributed by atoms with Crippen LogP contribution in [0.3, 0.4) is 0 Å². The van der Waals surface area contributed by atoms with E-state index in [0.717, 1.165) is 5.56 Å². The van der Waals surface area contributed by atoms with Crippen LogP contribution in [0.25, 0.3) is 0 Å². The molecule has 0 unspecified atom stereocenters. The number of hydrogen-bond acceptors (Lipinski definition) is 5. The molecule has 1 saturated heterocycles. The highest BCUT2D eigenvalue weighted by atomic mass is 16.6. The molecule has 3 rings (SSSR count). The number of carbonyl (C=O) groups is 1. The molecule has 1 aliphatic carbocycles. The van der Waals surface area contributed by atoms with Crippen molar-refractivity contribution in [3.8, 4) is 0 Å². The molecule has 1 aromatic rings. The van der Waals surface area contributed by atoms with E-state index in [1.54, 1.807) is 13.8 Å². The number of hydrogen-bond donors (Lipinski definition) is 2. The lowest BCUT2D eigenvalue weighted by molar-refractivity contribution is -0.0693. The third-order valence-corrected chi connectivity index (χ3v) is 4.57. The predicted molar refractivity (Wildman–Crippen MR) is 70.6 cm³/mol. The molecule has 0 saturated carbocycles. The Kier molecular flexibility index (Phi) is 2.87. The van der Waals surface area contributed by atoms with E-state index in [-0.39, 0.29) is 12.2 Å². The molecular formula is C15H20O5. The maximum Gasteiger partial charge on any atom is 0.198 e. The van der Waals surface area contributed by atoms with Gasteiger partial charge in [-0.1, -0.05) is 0 Å². The van der Waals surface area contributed by atoms with Crippen molar-refractivity contribution in [3.05, 3.63) is 23.2 Å². The van der Waals surface area contributed by atoms with E-state index >= 15 is 0 Å². The first-order valence-corrected chi connectivity index (χ1v) is 6.94. The minimum absolute atomic E-state index is 0.0825. The summed E-state index contributed by atoms with van der Waals surface area (Å²) in [5.41, 5.74) is -0.619. The second-order valence-electron chi connectivity index (χ2n) is 6.48. The maximum absolute atomic E-state index is 12.5. The average molecular weight is 280 g/mol. The molecule has 5 heteroatoms. The molecule has 2 aliphatic rings. The van der Waals surface area contributed by atoms with E-state index in [1.807, 2.05) is 6.92 Å². The smallest absolute Gasteiger partial charge is 0.198 e. The number of fused-ring (bicyclic) bond motifs is 2. The Labute approximate surface area is 117 Å². The van der Waals surface area contributed by atoms with Crippen LogP contribution in [-0.4, -0.2) is 39.4 Å². The van der Waals surface area contributed by atoms with Gasteiger partial charge in [-0.2, -0.15) is 0 Å². The summed E-state index contributed by atoms with van der Waals surface area (Å²) in [6.07, 6.45) is 1.23. The Balaban J connectivity index is 2.05. The lowest BCUT2D eigenvalue weighted by atomic mass is 9.83. The lowest BCUT2D eigenvalue weighted by Gasteiger charge is -2.29. The molecule has 0 bridgehead atoms. The van der Waals surface area contributed by atoms with Crippen LogP contribution in [0.5, 0.6) is 0 Å². The molecule has 0 amide bonds. The van der Waals surface area contributed by atoms with Gasteiger partial charge in [0.25, 0.3) is 0 Å². The maximum atomic E-state index is 12.5. The molecule has 20 heavy (non-hydrogen) atoms. The van der Waals surface area contributed by atoms with Gasteiger partial charge in [-0.25, -0.2) is 0 Å². The van der Waals surface area contributed by atoms with Gasteiger partial charge in [-0.05, 0) is 39.2 Å². The number of aryl methyl sites for hydroxylation is 1. The number of rotatable bonds is 0. The number of Topliss-reactive ketones (excluding diaryl/α,β-unsaturated/α-hetero) is 1. The Bertz CT molecular complexity index is 559. The summed E-state index contributed by atoms with van der Waals surface area (Å²) < 4.78 is 11.0. The Morgan fingerprint density at radius 2 is 2.10 bits per heavy atom. The van der Waals surface area contributed by atoms with Crippen molar-refractivity contribution in [1.82, 2.24) is 0 Å². The Morgan fingerprint density at radius 1 is 1.40 bits per heavy atom. The molecular weight excluding hydrogens is 260 g/mol. The summed E-state index contributed by atoms with van der Waals surface area (Å²) in [6.45, 7) is 5.24. The summed E-state index contributed by atoms with van der Waals surface area (Å²) in [4.78, 5) is 12.5. The standard InChI is InChI=1S/C15H20O5/c1-8-7-19-9-6-14(2,18)10(16)4-5-15(3)13(20-15)12(17)11(8)9/h7,10,13,16,18H,4-6H2,1-3H3/t10-,13-,14-,15+/m1/s1. The second-order valence-corrected chi connectivity index (χ2v) is 6.48. The SMILES string of the molecule is Cc1coc2c1C(=O)[C@H]1O[C@@]1(C)CC[C@@H](O)[C@](C)(O)C2. The molecule has 0 spiro atoms. The van der Waals surface area contributed by atoms with Gasteiger partial charge < -0.3 is 19.4 Å². The van der Waals surface area contributed by atoms with Gasteiger partial charge in [0.2, 0.25) is 0 Å². The highest BCUT2D eigenvalue weighted by molar-refractivity contribution is 6.04. The molecule has 1 aromatic heterocycles. The van der Waals surface area contributed by atoms with E-state index < -0.39 is 23.4 Å². The zero-order chi connectivity index (χ0) is 14.7. The number of ether oxygens (including phenoxy) is 1. The summed E-state index contributed by atoms with van der Waals surface area (Å²) in [5, 5.41) is 20.6. The van der Waals surface area contributed by atoms with Crippen molar-refractivity contribution in [2.45, 2.75) is 63.4 Å². The number of furan rings is 1. The van der Waals surface area contributed by atoms with Crippen LogP contribution in [0.2, 0.25) is 0 Å². The first kappa shape index (κ1) is 13.8. The molecule has 0 aromatic carbocycles. The monoisotopic (exact) mass is 280 g/mol. The summed E-state index contributed by atoms with van der Waals surface area (Å²) >= 11 is 0. The van der Waals surface area contributed by atoms with Crippen molar-refractivity contribution in [3.63, 3.8) is 0 Å². The van der Waals surface area contributed by atoms with Gasteiger partial charge in [0.05, 0.1) is 23.5 Å². The number of epoxide rings is 1. The summed E-state index contributed by atoms with van der Waals surface area (Å²) in [6, 6.07) is 0. The molecule has 2 heterocycles. The molecule has 1 fully saturated rings. The van der Waals surface area contributed by atoms with Crippen molar-refractivity contribution in [2.75, 3.05) is 0 Å². The first-order valence-electron chi connectivity index (χ1n) is 6.94. The summed E-state index contributed by atoms with van der Waals surface area (Å²) in [7, 11) is 0. The molecule has 2 N–H and O–H groups in total. The zero-order valence-corrected chi connectivity index (χ0v) is 12.0. The van der Waals surface area contributed by atoms with E-state index in [1.165, 1.54) is 6.26 Å². The van der Waals surface area contributed by atoms with Crippen molar-refractivity contribution in [1.29, 1.82) is 0 Å². The number of aliphatic hydroxyl groups is 2. The molecule has 1 aliphatic heterocycles. The normalized spacial score (nSPS) is 41.0. The van der Waals surface area contributed by atoms with E-state index in [4.69, 9.17) is 9.15 Å². The van der Waals surface area contributed by atoms with E-state index in [2.05, 4.69) is 0 Å². The predicted octanol–water partition coefficient (Wildman–Crippen LogP) is 1.38. The van der Waals surface area contributed by atoms with Gasteiger partial charge in [-0.15, -0.1) is 0 Å². The van der Waals surface area contributed by atoms with Gasteiger partial charge in [0, 0.05) is 6.42 Å². The first-order chi connectivity index (χ1) is 9.24. The molecule has 4 atom stereocenters. The fourth-order valence-corrected chi connectivity index (χ4v) is 3.02. The number of ketones is 1. The van der Waals surface area contributed by atoms with Gasteiger partial charge in [0.15, 0.2) is 5.78 Å². The van der Waals surface area contributed by atoms with Gasteiger partial charge in [0.1, 0.15) is 17.5 Å². The fourth-order valence-electron chi connectivity index (χ4n) is 3.02. The van der Waals surface area contributed by atoms with Crippen LogP contribution in [0.15, 0.2) is 10.7 Å². The Hall–Kier alpha value is -1.17. The third-order valence-electron chi connectivity index (χ3n) is 4.57. The molecule has 110 valence electrons. The highest BCUT2D eigenvalue weighted by Crippen LogP contribution is 2.45. The van der Waals surface area contributed by atoms with Crippen molar-refractivity contribution < 1.29 is 24.2 Å². The van der Waals surface area contributed by atoms with Crippen LogP contribution in [0.4, 0.5) is 0 Å². The lowest BCUT2D eigenvalue weighted by Crippen LogP contribution is -2.42. The zero-order valence-electron chi connectivity index (χ0n) is 12.0. The minimum atomic E-state index is -1.32. The minimum Gasteiger partial charge on any atom is -0.468 e. The largest absolute Gasteiger partial charge is 0.468 e. The van der Waals surface area contributed by atoms with Gasteiger partial charge >= 0.3 is 0 Å². The summed E-state index contributed by atoms with van der Waals surface area (Å²) in [5.74, 6) is 0.345. The average Bonchev–Trinajstić information content (AvgIpc) is 2.92. The van der Waals surface area contributed by atoms with Crippen LogP contribution in [-0.2, 0) is 11.2 Å². The quantitative estimate of drug-likeness (QED) is 0.701. The number of carbonyl (C=O) groups excluding carboxylic acids is 1. The van der Waals surface area contributed by atoms with Crippen LogP contribution < -0.4 is 0 Å². The third kappa shape index (κ3) is 2.01. The van der Waals surface area contributed by atoms with Crippen molar-refractivity contribution in [2.24, 2.45) is 0 Å². The highest BCUT2D eigenvalue weighted by Gasteiger charge is 2.58. The molecule has 0 radical (unpaired) electrons. The van der Waals surface area contributed by atoms with Crippen LogP contribution in [0, 0.1) is 6.92 Å². The second kappa shape index (κ2) is 4.16. The fraction of sp³-hybridized carbons (Fsp3) is 0.667. The number of aliphatic hydroxyl groups excluding tert-OH is 1. The van der Waals surface area contributed by atoms with E-state index in [0.29, 0.717) is 24.2 Å². The van der Waals surface area contributed by atoms with Gasteiger partial charge in [-0.3, -0.25) is 4.79 Å².